The Morgan fingerprint density at radius 3 is 2.59 bits per heavy atom. The number of hydrogen-bond donors (Lipinski definition) is 2. The highest BCUT2D eigenvalue weighted by Gasteiger charge is 2.53. The minimum Gasteiger partial charge on any atom is -0.481 e. The van der Waals surface area contributed by atoms with Gasteiger partial charge < -0.3 is 15.2 Å². The molecule has 3 aliphatic rings. The van der Waals surface area contributed by atoms with Crippen molar-refractivity contribution in [2.45, 2.75) is 31.5 Å². The van der Waals surface area contributed by atoms with Crippen LogP contribution in [-0.4, -0.2) is 29.2 Å². The van der Waals surface area contributed by atoms with E-state index in [0.29, 0.717) is 0 Å². The van der Waals surface area contributed by atoms with Crippen LogP contribution in [0.2, 0.25) is 0 Å². The summed E-state index contributed by atoms with van der Waals surface area (Å²) in [5.41, 5.74) is 3.35. The molecule has 114 valence electrons. The van der Waals surface area contributed by atoms with Crippen LogP contribution in [0.5, 0.6) is 0 Å². The molecule has 5 nitrogen and oxygen atoms in total. The number of amides is 1. The molecule has 4 atom stereocenters. The number of aryl methyl sites for hydroxylation is 2. The van der Waals surface area contributed by atoms with E-state index in [1.807, 2.05) is 18.2 Å². The third kappa shape index (κ3) is 2.04. The highest BCUT2D eigenvalue weighted by molar-refractivity contribution is 5.96. The molecule has 1 fully saturated rings. The molecule has 0 radical (unpaired) electrons. The fourth-order valence-electron chi connectivity index (χ4n) is 3.79. The van der Waals surface area contributed by atoms with Crippen molar-refractivity contribution >= 4 is 17.6 Å². The molecule has 1 saturated heterocycles. The number of carboxylic acids is 1. The van der Waals surface area contributed by atoms with Gasteiger partial charge in [-0.2, -0.15) is 0 Å². The Morgan fingerprint density at radius 2 is 1.82 bits per heavy atom. The second-order valence-electron chi connectivity index (χ2n) is 6.17. The number of hydrogen-bond acceptors (Lipinski definition) is 3. The molecule has 2 aliphatic heterocycles. The Morgan fingerprint density at radius 1 is 1.09 bits per heavy atom. The number of ether oxygens (including phenoxy) is 1. The van der Waals surface area contributed by atoms with Gasteiger partial charge in [-0.3, -0.25) is 9.59 Å². The Labute approximate surface area is 128 Å². The van der Waals surface area contributed by atoms with Gasteiger partial charge in [-0.1, -0.05) is 18.2 Å². The average molecular weight is 299 g/mol. The second kappa shape index (κ2) is 4.95. The van der Waals surface area contributed by atoms with Gasteiger partial charge in [0.25, 0.3) is 0 Å². The summed E-state index contributed by atoms with van der Waals surface area (Å²) in [6.07, 6.45) is 5.89. The zero-order valence-electron chi connectivity index (χ0n) is 12.0. The number of carbonyl (C=O) groups is 2. The number of fused-ring (bicyclic) bond motifs is 3. The largest absolute Gasteiger partial charge is 0.481 e. The van der Waals surface area contributed by atoms with E-state index in [1.165, 1.54) is 11.1 Å². The van der Waals surface area contributed by atoms with Gasteiger partial charge in [-0.25, -0.2) is 0 Å². The first-order valence-corrected chi connectivity index (χ1v) is 7.63. The van der Waals surface area contributed by atoms with Crippen molar-refractivity contribution in [3.63, 3.8) is 0 Å². The summed E-state index contributed by atoms with van der Waals surface area (Å²) in [6, 6.07) is 5.94. The van der Waals surface area contributed by atoms with Crippen molar-refractivity contribution in [1.29, 1.82) is 0 Å². The lowest BCUT2D eigenvalue weighted by molar-refractivity contribution is -0.145. The van der Waals surface area contributed by atoms with Gasteiger partial charge in [-0.15, -0.1) is 0 Å². The third-order valence-electron chi connectivity index (χ3n) is 4.85. The summed E-state index contributed by atoms with van der Waals surface area (Å²) < 4.78 is 5.54. The summed E-state index contributed by atoms with van der Waals surface area (Å²) in [6.45, 7) is 0. The number of nitrogens with one attached hydrogen (secondary N) is 1. The molecule has 0 spiro atoms. The van der Waals surface area contributed by atoms with Crippen molar-refractivity contribution in [3.8, 4) is 0 Å². The number of rotatable bonds is 3. The zero-order chi connectivity index (χ0) is 15.3. The van der Waals surface area contributed by atoms with Crippen LogP contribution >= 0.6 is 0 Å². The van der Waals surface area contributed by atoms with Crippen molar-refractivity contribution in [3.05, 3.63) is 41.5 Å². The number of benzene rings is 1. The van der Waals surface area contributed by atoms with Gasteiger partial charge in [0, 0.05) is 5.69 Å². The molecular formula is C17H17NO4. The Hall–Kier alpha value is -2.14. The highest BCUT2D eigenvalue weighted by Crippen LogP contribution is 2.40. The van der Waals surface area contributed by atoms with Gasteiger partial charge in [0.2, 0.25) is 5.91 Å². The van der Waals surface area contributed by atoms with Crippen molar-refractivity contribution in [1.82, 2.24) is 0 Å². The standard InChI is InChI=1S/C17H17NO4/c19-16(14-12-6-7-13(22-12)15(14)17(20)21)18-11-5-4-9-2-1-3-10(9)8-11/h4-8,12-15H,1-3H2,(H,18,19)(H,20,21)/t12-,13-,14-,15-/m1/s1. The normalized spacial score (nSPS) is 31.3. The van der Waals surface area contributed by atoms with Crippen LogP contribution in [-0.2, 0) is 27.2 Å². The van der Waals surface area contributed by atoms with E-state index in [4.69, 9.17) is 4.74 Å². The minimum atomic E-state index is -0.981. The average Bonchev–Trinajstić information content (AvgIpc) is 3.20. The first kappa shape index (κ1) is 13.5. The van der Waals surface area contributed by atoms with Gasteiger partial charge >= 0.3 is 5.97 Å². The van der Waals surface area contributed by atoms with Crippen LogP contribution < -0.4 is 5.32 Å². The van der Waals surface area contributed by atoms with Crippen LogP contribution in [0.15, 0.2) is 30.4 Å². The maximum Gasteiger partial charge on any atom is 0.310 e. The van der Waals surface area contributed by atoms with Crippen molar-refractivity contribution in [2.75, 3.05) is 5.32 Å². The Kier molecular flexibility index (Phi) is 3.04. The highest BCUT2D eigenvalue weighted by atomic mass is 16.5. The van der Waals surface area contributed by atoms with Gasteiger partial charge in [0.15, 0.2) is 0 Å². The first-order chi connectivity index (χ1) is 10.6. The van der Waals surface area contributed by atoms with Crippen LogP contribution in [0.3, 0.4) is 0 Å². The van der Waals surface area contributed by atoms with Crippen LogP contribution in [0, 0.1) is 11.8 Å². The number of carbonyl (C=O) groups excluding carboxylic acids is 1. The molecule has 2 N–H and O–H groups in total. The molecule has 1 amide bonds. The summed E-state index contributed by atoms with van der Waals surface area (Å²) >= 11 is 0. The predicted octanol–water partition coefficient (Wildman–Crippen LogP) is 1.77. The SMILES string of the molecule is O=C(O)[C@H]1[C@H](C(=O)Nc2ccc3c(c2)CCC3)[C@H]2C=C[C@H]1O2. The summed E-state index contributed by atoms with van der Waals surface area (Å²) in [5, 5.41) is 12.2. The van der Waals surface area contributed by atoms with E-state index in [0.717, 1.165) is 24.9 Å². The van der Waals surface area contributed by atoms with Crippen molar-refractivity contribution < 1.29 is 19.4 Å². The molecule has 22 heavy (non-hydrogen) atoms. The topological polar surface area (TPSA) is 75.6 Å². The van der Waals surface area contributed by atoms with Crippen LogP contribution in [0.4, 0.5) is 5.69 Å². The van der Waals surface area contributed by atoms with E-state index in [2.05, 4.69) is 5.32 Å². The number of aliphatic carboxylic acids is 1. The molecule has 1 aromatic carbocycles. The van der Waals surface area contributed by atoms with Gasteiger partial charge in [0.1, 0.15) is 5.92 Å². The van der Waals surface area contributed by atoms with E-state index in [1.54, 1.807) is 12.2 Å². The number of anilines is 1. The maximum absolute atomic E-state index is 12.5. The van der Waals surface area contributed by atoms with Crippen LogP contribution in [0.1, 0.15) is 17.5 Å². The molecule has 4 rings (SSSR count). The van der Waals surface area contributed by atoms with Gasteiger partial charge in [0.05, 0.1) is 18.1 Å². The number of carboxylic acid groups (broad SMARTS) is 1. The Bertz CT molecular complexity index is 681. The molecule has 1 aromatic rings. The minimum absolute atomic E-state index is 0.276. The van der Waals surface area contributed by atoms with Crippen LogP contribution in [0.25, 0.3) is 0 Å². The van der Waals surface area contributed by atoms with E-state index < -0.39 is 30.0 Å². The Balaban J connectivity index is 1.55. The monoisotopic (exact) mass is 299 g/mol. The molecular weight excluding hydrogens is 282 g/mol. The smallest absolute Gasteiger partial charge is 0.310 e. The molecule has 2 heterocycles. The molecule has 2 bridgehead atoms. The lowest BCUT2D eigenvalue weighted by atomic mass is 9.82. The lowest BCUT2D eigenvalue weighted by Crippen LogP contribution is -2.39. The maximum atomic E-state index is 12.5. The fraction of sp³-hybridized carbons (Fsp3) is 0.412. The predicted molar refractivity (Wildman–Crippen MR) is 79.5 cm³/mol. The molecule has 0 unspecified atom stereocenters. The van der Waals surface area contributed by atoms with Crippen molar-refractivity contribution in [2.24, 2.45) is 11.8 Å². The molecule has 5 heteroatoms. The molecule has 1 aliphatic carbocycles. The molecule has 0 aromatic heterocycles. The van der Waals surface area contributed by atoms with E-state index in [-0.39, 0.29) is 5.91 Å². The second-order valence-corrected chi connectivity index (χ2v) is 6.17. The molecule has 0 saturated carbocycles. The summed E-state index contributed by atoms with van der Waals surface area (Å²) in [7, 11) is 0. The summed E-state index contributed by atoms with van der Waals surface area (Å²) in [4.78, 5) is 23.9. The van der Waals surface area contributed by atoms with Gasteiger partial charge in [-0.05, 0) is 42.5 Å². The lowest BCUT2D eigenvalue weighted by Gasteiger charge is -2.21. The quantitative estimate of drug-likeness (QED) is 0.834. The first-order valence-electron chi connectivity index (χ1n) is 7.63. The summed E-state index contributed by atoms with van der Waals surface area (Å²) in [5.74, 6) is -2.72. The third-order valence-corrected chi connectivity index (χ3v) is 4.85. The fourth-order valence-corrected chi connectivity index (χ4v) is 3.79. The van der Waals surface area contributed by atoms with E-state index >= 15 is 0 Å². The van der Waals surface area contributed by atoms with E-state index in [9.17, 15) is 14.7 Å². The zero-order valence-corrected chi connectivity index (χ0v) is 12.0.